The first-order valence-corrected chi connectivity index (χ1v) is 6.52. The number of anilines is 1. The maximum Gasteiger partial charge on any atom is 0.123 e. The Morgan fingerprint density at radius 1 is 1.05 bits per heavy atom. The number of fused-ring (bicyclic) bond motifs is 1. The van der Waals surface area contributed by atoms with Gasteiger partial charge in [-0.15, -0.1) is 0 Å². The molecule has 1 heterocycles. The lowest BCUT2D eigenvalue weighted by molar-refractivity contribution is 0.625. The highest BCUT2D eigenvalue weighted by Gasteiger charge is 2.02. The summed E-state index contributed by atoms with van der Waals surface area (Å²) >= 11 is 0. The summed E-state index contributed by atoms with van der Waals surface area (Å²) in [4.78, 5) is 0. The van der Waals surface area contributed by atoms with Crippen molar-refractivity contribution in [1.29, 1.82) is 0 Å². The van der Waals surface area contributed by atoms with E-state index in [1.807, 2.05) is 30.3 Å². The van der Waals surface area contributed by atoms with Crippen molar-refractivity contribution < 1.29 is 4.39 Å². The van der Waals surface area contributed by atoms with E-state index in [1.54, 1.807) is 18.3 Å². The monoisotopic (exact) mass is 267 g/mol. The summed E-state index contributed by atoms with van der Waals surface area (Å²) in [7, 11) is 0. The van der Waals surface area contributed by atoms with Crippen LogP contribution in [0.5, 0.6) is 0 Å². The second-order valence-electron chi connectivity index (χ2n) is 4.58. The number of aromatic nitrogens is 2. The Balaban J connectivity index is 1.71. The van der Waals surface area contributed by atoms with Gasteiger partial charge < -0.3 is 5.32 Å². The van der Waals surface area contributed by atoms with E-state index >= 15 is 0 Å². The zero-order valence-electron chi connectivity index (χ0n) is 10.9. The van der Waals surface area contributed by atoms with Crippen molar-refractivity contribution in [1.82, 2.24) is 10.2 Å². The van der Waals surface area contributed by atoms with Gasteiger partial charge in [0.2, 0.25) is 0 Å². The van der Waals surface area contributed by atoms with Crippen molar-refractivity contribution in [2.24, 2.45) is 0 Å². The topological polar surface area (TPSA) is 37.8 Å². The van der Waals surface area contributed by atoms with Gasteiger partial charge in [-0.05, 0) is 30.2 Å². The third kappa shape index (κ3) is 2.74. The molecule has 0 fully saturated rings. The zero-order valence-corrected chi connectivity index (χ0v) is 10.9. The summed E-state index contributed by atoms with van der Waals surface area (Å²) in [6.45, 7) is 0.721. The van der Waals surface area contributed by atoms with E-state index in [0.717, 1.165) is 35.1 Å². The maximum atomic E-state index is 13.1. The van der Waals surface area contributed by atoms with E-state index in [1.165, 1.54) is 6.07 Å². The molecule has 0 radical (unpaired) electrons. The minimum absolute atomic E-state index is 0.196. The molecule has 1 N–H and O–H groups in total. The van der Waals surface area contributed by atoms with Crippen LogP contribution in [0.1, 0.15) is 5.56 Å². The number of benzene rings is 2. The molecular formula is C16H14FN3. The van der Waals surface area contributed by atoms with Gasteiger partial charge in [-0.2, -0.15) is 10.2 Å². The molecule has 0 spiro atoms. The third-order valence-electron chi connectivity index (χ3n) is 3.16. The van der Waals surface area contributed by atoms with Crippen LogP contribution in [0.15, 0.2) is 54.7 Å². The standard InChI is InChI=1S/C16H14FN3/c17-13-5-3-4-12(10-13)8-9-18-16-11-19-20-15-7-2-1-6-14(15)16/h1-7,10-11H,8-9H2,(H,18,20). The van der Waals surface area contributed by atoms with E-state index < -0.39 is 0 Å². The molecular weight excluding hydrogens is 253 g/mol. The van der Waals surface area contributed by atoms with Crippen LogP contribution in [-0.2, 0) is 6.42 Å². The molecule has 1 aromatic heterocycles. The molecule has 3 aromatic rings. The van der Waals surface area contributed by atoms with Crippen LogP contribution in [0.4, 0.5) is 10.1 Å². The number of rotatable bonds is 4. The van der Waals surface area contributed by atoms with E-state index in [4.69, 9.17) is 0 Å². The average Bonchev–Trinajstić information content (AvgIpc) is 2.48. The SMILES string of the molecule is Fc1cccc(CCNc2cnnc3ccccc23)c1. The van der Waals surface area contributed by atoms with Crippen molar-refractivity contribution in [2.45, 2.75) is 6.42 Å². The van der Waals surface area contributed by atoms with Crippen LogP contribution in [0.2, 0.25) is 0 Å². The third-order valence-corrected chi connectivity index (χ3v) is 3.16. The molecule has 0 bridgehead atoms. The summed E-state index contributed by atoms with van der Waals surface area (Å²) in [5.41, 5.74) is 2.79. The highest BCUT2D eigenvalue weighted by Crippen LogP contribution is 2.19. The predicted octanol–water partition coefficient (Wildman–Crippen LogP) is 3.42. The fraction of sp³-hybridized carbons (Fsp3) is 0.125. The van der Waals surface area contributed by atoms with Gasteiger partial charge in [-0.3, -0.25) is 0 Å². The fourth-order valence-corrected chi connectivity index (χ4v) is 2.18. The largest absolute Gasteiger partial charge is 0.383 e. The van der Waals surface area contributed by atoms with E-state index in [-0.39, 0.29) is 5.82 Å². The Hall–Kier alpha value is -2.49. The van der Waals surface area contributed by atoms with Crippen molar-refractivity contribution in [2.75, 3.05) is 11.9 Å². The number of nitrogens with zero attached hydrogens (tertiary/aromatic N) is 2. The molecule has 4 heteroatoms. The minimum Gasteiger partial charge on any atom is -0.383 e. The second-order valence-corrected chi connectivity index (χ2v) is 4.58. The molecule has 100 valence electrons. The summed E-state index contributed by atoms with van der Waals surface area (Å²) in [5, 5.41) is 12.4. The molecule has 0 aliphatic carbocycles. The Labute approximate surface area is 116 Å². The summed E-state index contributed by atoms with van der Waals surface area (Å²) < 4.78 is 13.1. The lowest BCUT2D eigenvalue weighted by atomic mass is 10.1. The lowest BCUT2D eigenvalue weighted by Gasteiger charge is -2.08. The fourth-order valence-electron chi connectivity index (χ4n) is 2.18. The van der Waals surface area contributed by atoms with Crippen molar-refractivity contribution in [3.63, 3.8) is 0 Å². The molecule has 0 saturated carbocycles. The smallest absolute Gasteiger partial charge is 0.123 e. The first-order valence-electron chi connectivity index (χ1n) is 6.52. The molecule has 0 aliphatic rings. The van der Waals surface area contributed by atoms with Gasteiger partial charge in [0.25, 0.3) is 0 Å². The highest BCUT2D eigenvalue weighted by molar-refractivity contribution is 5.90. The van der Waals surface area contributed by atoms with Gasteiger partial charge in [-0.1, -0.05) is 30.3 Å². The number of hydrogen-bond donors (Lipinski definition) is 1. The normalized spacial score (nSPS) is 10.7. The number of hydrogen-bond acceptors (Lipinski definition) is 3. The molecule has 0 atom stereocenters. The molecule has 0 unspecified atom stereocenters. The molecule has 0 saturated heterocycles. The summed E-state index contributed by atoms with van der Waals surface area (Å²) in [5.74, 6) is -0.196. The van der Waals surface area contributed by atoms with Crippen molar-refractivity contribution in [3.8, 4) is 0 Å². The number of nitrogens with one attached hydrogen (secondary N) is 1. The Bertz CT molecular complexity index is 722. The van der Waals surface area contributed by atoms with Gasteiger partial charge in [-0.25, -0.2) is 4.39 Å². The van der Waals surface area contributed by atoms with Gasteiger partial charge in [0.15, 0.2) is 0 Å². The molecule has 0 amide bonds. The molecule has 20 heavy (non-hydrogen) atoms. The van der Waals surface area contributed by atoms with Gasteiger partial charge in [0.05, 0.1) is 17.4 Å². The number of halogens is 1. The molecule has 2 aromatic carbocycles. The summed E-state index contributed by atoms with van der Waals surface area (Å²) in [6.07, 6.45) is 2.47. The van der Waals surface area contributed by atoms with Gasteiger partial charge in [0.1, 0.15) is 5.82 Å². The first-order chi connectivity index (χ1) is 9.83. The van der Waals surface area contributed by atoms with E-state index in [2.05, 4.69) is 15.5 Å². The van der Waals surface area contributed by atoms with E-state index in [9.17, 15) is 4.39 Å². The van der Waals surface area contributed by atoms with Crippen molar-refractivity contribution >= 4 is 16.6 Å². The van der Waals surface area contributed by atoms with Crippen LogP contribution in [0, 0.1) is 5.82 Å². The molecule has 3 nitrogen and oxygen atoms in total. The lowest BCUT2D eigenvalue weighted by Crippen LogP contribution is -2.06. The van der Waals surface area contributed by atoms with Crippen LogP contribution >= 0.6 is 0 Å². The Morgan fingerprint density at radius 2 is 1.95 bits per heavy atom. The molecule has 3 rings (SSSR count). The van der Waals surface area contributed by atoms with Gasteiger partial charge >= 0.3 is 0 Å². The van der Waals surface area contributed by atoms with E-state index in [0.29, 0.717) is 0 Å². The van der Waals surface area contributed by atoms with Crippen LogP contribution in [0.25, 0.3) is 10.9 Å². The van der Waals surface area contributed by atoms with Crippen LogP contribution < -0.4 is 5.32 Å². The van der Waals surface area contributed by atoms with Crippen molar-refractivity contribution in [3.05, 3.63) is 66.1 Å². The first kappa shape index (κ1) is 12.5. The Morgan fingerprint density at radius 3 is 2.85 bits per heavy atom. The maximum absolute atomic E-state index is 13.1. The van der Waals surface area contributed by atoms with Crippen LogP contribution in [0.3, 0.4) is 0 Å². The minimum atomic E-state index is -0.196. The average molecular weight is 267 g/mol. The van der Waals surface area contributed by atoms with Gasteiger partial charge in [0, 0.05) is 11.9 Å². The predicted molar refractivity (Wildman–Crippen MR) is 78.1 cm³/mol. The highest BCUT2D eigenvalue weighted by atomic mass is 19.1. The zero-order chi connectivity index (χ0) is 13.8. The summed E-state index contributed by atoms with van der Waals surface area (Å²) in [6, 6.07) is 14.5. The van der Waals surface area contributed by atoms with Crippen LogP contribution in [-0.4, -0.2) is 16.7 Å². The second kappa shape index (κ2) is 5.65. The molecule has 0 aliphatic heterocycles. The Kier molecular flexibility index (Phi) is 3.54. The quantitative estimate of drug-likeness (QED) is 0.787.